The van der Waals surface area contributed by atoms with E-state index in [2.05, 4.69) is 17.4 Å². The summed E-state index contributed by atoms with van der Waals surface area (Å²) in [5.74, 6) is -0.631. The molecule has 0 fully saturated rings. The minimum Gasteiger partial charge on any atom is -0.448 e. The molecule has 1 amide bonds. The van der Waals surface area contributed by atoms with E-state index < -0.39 is 12.1 Å². The fourth-order valence-corrected chi connectivity index (χ4v) is 3.45. The molecule has 0 spiro atoms. The molecule has 0 aromatic heterocycles. The fourth-order valence-electron chi connectivity index (χ4n) is 3.45. The number of hydrogen-bond donors (Lipinski definition) is 1. The first-order valence-corrected chi connectivity index (χ1v) is 7.89. The van der Waals surface area contributed by atoms with Crippen LogP contribution in [0.1, 0.15) is 39.5 Å². The molecule has 2 atom stereocenters. The number of esters is 1. The molecule has 0 saturated carbocycles. The Labute approximate surface area is 134 Å². The zero-order chi connectivity index (χ0) is 15.8. The number of ether oxygens (including phenoxy) is 1. The third-order valence-corrected chi connectivity index (χ3v) is 4.63. The Hall–Kier alpha value is -2.62. The summed E-state index contributed by atoms with van der Waals surface area (Å²) in [6.07, 6.45) is 1.55. The van der Waals surface area contributed by atoms with Gasteiger partial charge < -0.3 is 10.1 Å². The second kappa shape index (κ2) is 5.54. The second-order valence-electron chi connectivity index (χ2n) is 6.05. The van der Waals surface area contributed by atoms with Crippen molar-refractivity contribution in [2.45, 2.75) is 31.4 Å². The first kappa shape index (κ1) is 14.0. The molecule has 4 nitrogen and oxygen atoms in total. The zero-order valence-electron chi connectivity index (χ0n) is 12.6. The smallest absolute Gasteiger partial charge is 0.339 e. The van der Waals surface area contributed by atoms with Gasteiger partial charge >= 0.3 is 5.97 Å². The number of carbonyl (C=O) groups excluding carboxylic acids is 2. The van der Waals surface area contributed by atoms with Gasteiger partial charge in [-0.05, 0) is 35.6 Å². The maximum Gasteiger partial charge on any atom is 0.339 e. The molecule has 2 aromatic carbocycles. The van der Waals surface area contributed by atoms with Crippen LogP contribution in [0.25, 0.3) is 0 Å². The van der Waals surface area contributed by atoms with Crippen LogP contribution in [-0.2, 0) is 22.4 Å². The van der Waals surface area contributed by atoms with Gasteiger partial charge in [0.1, 0.15) is 0 Å². The molecule has 116 valence electrons. The minimum absolute atomic E-state index is 0.00886. The molecule has 0 bridgehead atoms. The summed E-state index contributed by atoms with van der Waals surface area (Å²) in [6.45, 7) is 0. The number of benzene rings is 2. The van der Waals surface area contributed by atoms with Crippen molar-refractivity contribution in [1.29, 1.82) is 0 Å². The minimum atomic E-state index is -0.745. The van der Waals surface area contributed by atoms with Gasteiger partial charge in [-0.25, -0.2) is 4.79 Å². The molecule has 0 saturated heterocycles. The van der Waals surface area contributed by atoms with E-state index >= 15 is 0 Å². The molecule has 4 heteroatoms. The monoisotopic (exact) mass is 307 g/mol. The Morgan fingerprint density at radius 2 is 1.78 bits per heavy atom. The van der Waals surface area contributed by atoms with Gasteiger partial charge in [0, 0.05) is 6.42 Å². The summed E-state index contributed by atoms with van der Waals surface area (Å²) >= 11 is 0. The summed E-state index contributed by atoms with van der Waals surface area (Å²) in [7, 11) is 0. The van der Waals surface area contributed by atoms with E-state index in [1.165, 1.54) is 11.1 Å². The molecule has 1 aliphatic heterocycles. The van der Waals surface area contributed by atoms with Crippen molar-refractivity contribution in [2.24, 2.45) is 0 Å². The lowest BCUT2D eigenvalue weighted by molar-refractivity contribution is -0.131. The number of rotatable bonds is 2. The standard InChI is InChI=1S/C19H17NO3/c21-18(20-16-10-9-12-5-1-3-7-14(12)16)17-11-13-6-2-4-8-15(13)19(22)23-17/h1-8,16-17H,9-11H2,(H,20,21)/t16-,17-/m0/s1. The van der Waals surface area contributed by atoms with Crippen LogP contribution in [0.15, 0.2) is 48.5 Å². The molecule has 1 N–H and O–H groups in total. The van der Waals surface area contributed by atoms with Crippen LogP contribution < -0.4 is 5.32 Å². The van der Waals surface area contributed by atoms with Gasteiger partial charge in [0.25, 0.3) is 5.91 Å². The van der Waals surface area contributed by atoms with Gasteiger partial charge in [0.15, 0.2) is 6.10 Å². The van der Waals surface area contributed by atoms with E-state index in [0.717, 1.165) is 18.4 Å². The molecule has 1 heterocycles. The van der Waals surface area contributed by atoms with E-state index in [-0.39, 0.29) is 11.9 Å². The molecule has 2 aliphatic rings. The third-order valence-electron chi connectivity index (χ3n) is 4.63. The Balaban J connectivity index is 1.50. The number of hydrogen-bond acceptors (Lipinski definition) is 3. The van der Waals surface area contributed by atoms with Crippen LogP contribution in [0.5, 0.6) is 0 Å². The topological polar surface area (TPSA) is 55.4 Å². The van der Waals surface area contributed by atoms with Gasteiger partial charge in [-0.3, -0.25) is 4.79 Å². The highest BCUT2D eigenvalue weighted by molar-refractivity contribution is 5.95. The first-order valence-electron chi connectivity index (χ1n) is 7.89. The van der Waals surface area contributed by atoms with E-state index in [1.807, 2.05) is 24.3 Å². The lowest BCUT2D eigenvalue weighted by atomic mass is 9.98. The molecule has 23 heavy (non-hydrogen) atoms. The summed E-state index contributed by atoms with van der Waals surface area (Å²) in [5.41, 5.74) is 3.88. The lowest BCUT2D eigenvalue weighted by Gasteiger charge is -2.25. The quantitative estimate of drug-likeness (QED) is 0.868. The molecule has 0 radical (unpaired) electrons. The van der Waals surface area contributed by atoms with E-state index in [0.29, 0.717) is 12.0 Å². The highest BCUT2D eigenvalue weighted by atomic mass is 16.5. The van der Waals surface area contributed by atoms with Crippen molar-refractivity contribution in [3.63, 3.8) is 0 Å². The largest absolute Gasteiger partial charge is 0.448 e. The van der Waals surface area contributed by atoms with Gasteiger partial charge in [-0.2, -0.15) is 0 Å². The Bertz CT molecular complexity index is 784. The number of aryl methyl sites for hydroxylation is 1. The lowest BCUT2D eigenvalue weighted by Crippen LogP contribution is -2.42. The van der Waals surface area contributed by atoms with Crippen LogP contribution in [0, 0.1) is 0 Å². The predicted octanol–water partition coefficient (Wildman–Crippen LogP) is 2.57. The van der Waals surface area contributed by atoms with Crippen LogP contribution >= 0.6 is 0 Å². The highest BCUT2D eigenvalue weighted by Crippen LogP contribution is 2.31. The predicted molar refractivity (Wildman–Crippen MR) is 85.0 cm³/mol. The highest BCUT2D eigenvalue weighted by Gasteiger charge is 2.33. The van der Waals surface area contributed by atoms with Crippen molar-refractivity contribution in [3.05, 3.63) is 70.8 Å². The average Bonchev–Trinajstić information content (AvgIpc) is 2.98. The maximum absolute atomic E-state index is 12.5. The molecule has 4 rings (SSSR count). The Morgan fingerprint density at radius 1 is 1.04 bits per heavy atom. The Morgan fingerprint density at radius 3 is 2.65 bits per heavy atom. The van der Waals surface area contributed by atoms with Crippen molar-refractivity contribution < 1.29 is 14.3 Å². The molecular weight excluding hydrogens is 290 g/mol. The zero-order valence-corrected chi connectivity index (χ0v) is 12.6. The first-order chi connectivity index (χ1) is 11.2. The molecular formula is C19H17NO3. The van der Waals surface area contributed by atoms with Crippen molar-refractivity contribution in [2.75, 3.05) is 0 Å². The van der Waals surface area contributed by atoms with Crippen molar-refractivity contribution >= 4 is 11.9 Å². The third kappa shape index (κ3) is 2.50. The molecule has 1 aliphatic carbocycles. The van der Waals surface area contributed by atoms with Crippen molar-refractivity contribution in [1.82, 2.24) is 5.32 Å². The van der Waals surface area contributed by atoms with Crippen LogP contribution in [0.2, 0.25) is 0 Å². The summed E-state index contributed by atoms with van der Waals surface area (Å²) in [4.78, 5) is 24.6. The van der Waals surface area contributed by atoms with Crippen LogP contribution in [0.3, 0.4) is 0 Å². The number of nitrogens with one attached hydrogen (secondary N) is 1. The number of carbonyl (C=O) groups is 2. The maximum atomic E-state index is 12.5. The molecule has 2 aromatic rings. The van der Waals surface area contributed by atoms with Crippen LogP contribution in [0.4, 0.5) is 0 Å². The van der Waals surface area contributed by atoms with E-state index in [1.54, 1.807) is 12.1 Å². The van der Waals surface area contributed by atoms with Gasteiger partial charge in [0.2, 0.25) is 0 Å². The molecule has 0 unspecified atom stereocenters. The van der Waals surface area contributed by atoms with Crippen LogP contribution in [-0.4, -0.2) is 18.0 Å². The van der Waals surface area contributed by atoms with E-state index in [4.69, 9.17) is 4.74 Å². The summed E-state index contributed by atoms with van der Waals surface area (Å²) < 4.78 is 5.32. The van der Waals surface area contributed by atoms with Gasteiger partial charge in [-0.15, -0.1) is 0 Å². The van der Waals surface area contributed by atoms with Crippen molar-refractivity contribution in [3.8, 4) is 0 Å². The SMILES string of the molecule is O=C1O[C@H](C(=O)N[C@H]2CCc3ccccc32)Cc2ccccc21. The van der Waals surface area contributed by atoms with Gasteiger partial charge in [0.05, 0.1) is 11.6 Å². The number of cyclic esters (lactones) is 1. The average molecular weight is 307 g/mol. The van der Waals surface area contributed by atoms with E-state index in [9.17, 15) is 9.59 Å². The Kier molecular flexibility index (Phi) is 3.37. The number of fused-ring (bicyclic) bond motifs is 2. The summed E-state index contributed by atoms with van der Waals surface area (Å²) in [5, 5.41) is 3.04. The van der Waals surface area contributed by atoms with Gasteiger partial charge in [-0.1, -0.05) is 42.5 Å². The summed E-state index contributed by atoms with van der Waals surface area (Å²) in [6, 6.07) is 15.4. The second-order valence-corrected chi connectivity index (χ2v) is 6.05. The number of amides is 1. The normalized spacial score (nSPS) is 22.0. The fraction of sp³-hybridized carbons (Fsp3) is 0.263.